The number of hydrogen-bond donors (Lipinski definition) is 1. The van der Waals surface area contributed by atoms with Crippen LogP contribution in [0.1, 0.15) is 26.3 Å². The zero-order chi connectivity index (χ0) is 15.2. The number of hydrogen-bond acceptors (Lipinski definition) is 4. The summed E-state index contributed by atoms with van der Waals surface area (Å²) in [7, 11) is 1.82. The maximum Gasteiger partial charge on any atom is 0.231 e. The third-order valence-electron chi connectivity index (χ3n) is 3.44. The van der Waals surface area contributed by atoms with Crippen molar-refractivity contribution in [3.05, 3.63) is 29.1 Å². The Morgan fingerprint density at radius 3 is 2.81 bits per heavy atom. The Hall–Kier alpha value is -1.88. The van der Waals surface area contributed by atoms with Crippen molar-refractivity contribution < 1.29 is 4.79 Å². The van der Waals surface area contributed by atoms with Crippen LogP contribution in [0.5, 0.6) is 0 Å². The van der Waals surface area contributed by atoms with E-state index in [4.69, 9.17) is 0 Å². The highest BCUT2D eigenvalue weighted by atomic mass is 32.1. The maximum absolute atomic E-state index is 11.7. The molecule has 21 heavy (non-hydrogen) atoms. The second-order valence-electron chi connectivity index (χ2n) is 6.39. The number of carbonyl (C=O) groups is 1. The highest BCUT2D eigenvalue weighted by Crippen LogP contribution is 2.33. The van der Waals surface area contributed by atoms with Gasteiger partial charge >= 0.3 is 0 Å². The fourth-order valence-electron chi connectivity index (χ4n) is 2.41. The maximum atomic E-state index is 11.7. The number of likely N-dealkylation sites (N-methyl/N-ethyl adjacent to an activating group) is 1. The van der Waals surface area contributed by atoms with Crippen LogP contribution < -0.4 is 10.2 Å². The van der Waals surface area contributed by atoms with Crippen molar-refractivity contribution in [2.75, 3.05) is 17.3 Å². The molecule has 0 saturated carbocycles. The van der Waals surface area contributed by atoms with E-state index in [0.29, 0.717) is 6.42 Å². The monoisotopic (exact) mass is 301 g/mol. The number of fused-ring (bicyclic) bond motifs is 1. The van der Waals surface area contributed by atoms with Crippen LogP contribution in [0, 0.1) is 0 Å². The summed E-state index contributed by atoms with van der Waals surface area (Å²) < 4.78 is 0. The number of thiazole rings is 1. The van der Waals surface area contributed by atoms with Crippen LogP contribution in [0.3, 0.4) is 0 Å². The number of benzene rings is 1. The molecule has 2 aromatic rings. The highest BCUT2D eigenvalue weighted by Gasteiger charge is 2.24. The van der Waals surface area contributed by atoms with Gasteiger partial charge in [-0.2, -0.15) is 0 Å². The van der Waals surface area contributed by atoms with Gasteiger partial charge in [-0.3, -0.25) is 4.79 Å². The molecule has 2 heterocycles. The van der Waals surface area contributed by atoms with Gasteiger partial charge in [-0.05, 0) is 38.5 Å². The molecular formula is C16H19N3OS. The van der Waals surface area contributed by atoms with Crippen LogP contribution >= 0.6 is 11.3 Å². The van der Waals surface area contributed by atoms with E-state index in [1.807, 2.05) is 19.2 Å². The first kappa shape index (κ1) is 14.1. The SMILES string of the molecule is CN1C(=O)Cc2cc(-c3csc(NC(C)(C)C)n3)ccc21. The van der Waals surface area contributed by atoms with E-state index in [1.165, 1.54) is 0 Å². The third kappa shape index (κ3) is 2.78. The van der Waals surface area contributed by atoms with Crippen molar-refractivity contribution in [2.24, 2.45) is 0 Å². The van der Waals surface area contributed by atoms with Gasteiger partial charge in [0, 0.05) is 29.2 Å². The van der Waals surface area contributed by atoms with Gasteiger partial charge in [0.25, 0.3) is 0 Å². The van der Waals surface area contributed by atoms with Gasteiger partial charge in [-0.15, -0.1) is 11.3 Å². The molecule has 0 aliphatic carbocycles. The average Bonchev–Trinajstić information content (AvgIpc) is 2.93. The van der Waals surface area contributed by atoms with E-state index in [0.717, 1.165) is 27.6 Å². The molecule has 0 radical (unpaired) electrons. The Morgan fingerprint density at radius 1 is 1.33 bits per heavy atom. The van der Waals surface area contributed by atoms with E-state index in [2.05, 4.69) is 42.5 Å². The normalized spacial score (nSPS) is 14.5. The lowest BCUT2D eigenvalue weighted by Crippen LogP contribution is -2.25. The van der Waals surface area contributed by atoms with Crippen molar-refractivity contribution in [1.29, 1.82) is 0 Å². The lowest BCUT2D eigenvalue weighted by atomic mass is 10.1. The standard InChI is InChI=1S/C16H19N3OS/c1-16(2,3)18-15-17-12(9-21-15)10-5-6-13-11(7-10)8-14(20)19(13)4/h5-7,9H,8H2,1-4H3,(H,17,18). The Bertz CT molecular complexity index is 700. The Kier molecular flexibility index (Phi) is 3.24. The number of rotatable bonds is 2. The van der Waals surface area contributed by atoms with Crippen LogP contribution in [0.4, 0.5) is 10.8 Å². The van der Waals surface area contributed by atoms with E-state index in [9.17, 15) is 4.79 Å². The summed E-state index contributed by atoms with van der Waals surface area (Å²) in [6.45, 7) is 6.35. The largest absolute Gasteiger partial charge is 0.357 e. The molecule has 1 aromatic carbocycles. The topological polar surface area (TPSA) is 45.2 Å². The first-order valence-corrected chi connectivity index (χ1v) is 7.85. The Labute approximate surface area is 128 Å². The number of aromatic nitrogens is 1. The summed E-state index contributed by atoms with van der Waals surface area (Å²) >= 11 is 1.61. The summed E-state index contributed by atoms with van der Waals surface area (Å²) in [5, 5.41) is 6.36. The summed E-state index contributed by atoms with van der Waals surface area (Å²) in [4.78, 5) is 18.1. The molecule has 0 atom stereocenters. The van der Waals surface area contributed by atoms with E-state index < -0.39 is 0 Å². The van der Waals surface area contributed by atoms with Crippen LogP contribution in [0.25, 0.3) is 11.3 Å². The van der Waals surface area contributed by atoms with Crippen LogP contribution in [0.2, 0.25) is 0 Å². The van der Waals surface area contributed by atoms with Crippen molar-refractivity contribution in [3.63, 3.8) is 0 Å². The summed E-state index contributed by atoms with van der Waals surface area (Å²) in [6.07, 6.45) is 0.483. The van der Waals surface area contributed by atoms with Gasteiger partial charge in [0.15, 0.2) is 5.13 Å². The van der Waals surface area contributed by atoms with Gasteiger partial charge in [0.05, 0.1) is 12.1 Å². The Balaban J connectivity index is 1.89. The lowest BCUT2D eigenvalue weighted by Gasteiger charge is -2.19. The number of nitrogens with one attached hydrogen (secondary N) is 1. The summed E-state index contributed by atoms with van der Waals surface area (Å²) in [5.74, 6) is 0.149. The summed E-state index contributed by atoms with van der Waals surface area (Å²) in [5.41, 5.74) is 4.11. The zero-order valence-electron chi connectivity index (χ0n) is 12.7. The van der Waals surface area contributed by atoms with Gasteiger partial charge in [0.1, 0.15) is 0 Å². The molecular weight excluding hydrogens is 282 g/mol. The fraction of sp³-hybridized carbons (Fsp3) is 0.375. The molecule has 1 aliphatic heterocycles. The molecule has 0 saturated heterocycles. The second-order valence-corrected chi connectivity index (χ2v) is 7.24. The van der Waals surface area contributed by atoms with Crippen molar-refractivity contribution in [2.45, 2.75) is 32.7 Å². The number of nitrogens with zero attached hydrogens (tertiary/aromatic N) is 2. The summed E-state index contributed by atoms with van der Waals surface area (Å²) in [6, 6.07) is 6.11. The van der Waals surface area contributed by atoms with Crippen molar-refractivity contribution in [1.82, 2.24) is 4.98 Å². The molecule has 0 spiro atoms. The van der Waals surface area contributed by atoms with Crippen LogP contribution in [-0.4, -0.2) is 23.5 Å². The van der Waals surface area contributed by atoms with Crippen LogP contribution in [0.15, 0.2) is 23.6 Å². The minimum Gasteiger partial charge on any atom is -0.357 e. The molecule has 4 nitrogen and oxygen atoms in total. The van der Waals surface area contributed by atoms with E-state index in [1.54, 1.807) is 16.2 Å². The molecule has 0 unspecified atom stereocenters. The van der Waals surface area contributed by atoms with Crippen LogP contribution in [-0.2, 0) is 11.2 Å². The van der Waals surface area contributed by atoms with Gasteiger partial charge in [-0.25, -0.2) is 4.98 Å². The molecule has 0 fully saturated rings. The van der Waals surface area contributed by atoms with E-state index in [-0.39, 0.29) is 11.4 Å². The number of carbonyl (C=O) groups excluding carboxylic acids is 1. The van der Waals surface area contributed by atoms with E-state index >= 15 is 0 Å². The molecule has 110 valence electrons. The highest BCUT2D eigenvalue weighted by molar-refractivity contribution is 7.14. The lowest BCUT2D eigenvalue weighted by molar-refractivity contribution is -0.117. The quantitative estimate of drug-likeness (QED) is 0.923. The predicted octanol–water partition coefficient (Wildman–Crippen LogP) is 3.54. The molecule has 3 rings (SSSR count). The number of amides is 1. The van der Waals surface area contributed by atoms with Crippen molar-refractivity contribution >= 4 is 28.1 Å². The molecule has 1 aliphatic rings. The zero-order valence-corrected chi connectivity index (χ0v) is 13.5. The predicted molar refractivity (Wildman–Crippen MR) is 88.0 cm³/mol. The smallest absolute Gasteiger partial charge is 0.231 e. The second kappa shape index (κ2) is 4.84. The minimum atomic E-state index is 0.00217. The first-order chi connectivity index (χ1) is 9.83. The average molecular weight is 301 g/mol. The van der Waals surface area contributed by atoms with Crippen molar-refractivity contribution in [3.8, 4) is 11.3 Å². The van der Waals surface area contributed by atoms with Gasteiger partial charge < -0.3 is 10.2 Å². The van der Waals surface area contributed by atoms with Gasteiger partial charge in [-0.1, -0.05) is 6.07 Å². The Morgan fingerprint density at radius 2 is 2.10 bits per heavy atom. The molecule has 1 N–H and O–H groups in total. The molecule has 1 aromatic heterocycles. The molecule has 0 bridgehead atoms. The minimum absolute atomic E-state index is 0.00217. The molecule has 1 amide bonds. The molecule has 5 heteroatoms. The number of anilines is 2. The third-order valence-corrected chi connectivity index (χ3v) is 4.20. The fourth-order valence-corrected chi connectivity index (χ4v) is 3.34. The first-order valence-electron chi connectivity index (χ1n) is 6.97. The van der Waals surface area contributed by atoms with Gasteiger partial charge in [0.2, 0.25) is 5.91 Å².